The van der Waals surface area contributed by atoms with Crippen LogP contribution in [0.5, 0.6) is 0 Å². The van der Waals surface area contributed by atoms with Crippen molar-refractivity contribution in [2.75, 3.05) is 4.90 Å². The quantitative estimate of drug-likeness (QED) is 0.269. The average molecular weight is 537 g/mol. The second-order valence-corrected chi connectivity index (χ2v) is 10.3. The number of nitrogens with zero attached hydrogens (tertiary/aromatic N) is 2. The number of hydrogen-bond donors (Lipinski definition) is 1. The molecular formula is C26H22BrN3OS2. The van der Waals surface area contributed by atoms with Crippen LogP contribution >= 0.6 is 39.9 Å². The summed E-state index contributed by atoms with van der Waals surface area (Å²) in [6.07, 6.45) is 1.81. The van der Waals surface area contributed by atoms with Gasteiger partial charge in [0.25, 0.3) is 0 Å². The van der Waals surface area contributed by atoms with E-state index in [4.69, 9.17) is 16.6 Å². The van der Waals surface area contributed by atoms with Gasteiger partial charge < -0.3 is 14.6 Å². The number of aromatic nitrogens is 1. The predicted molar refractivity (Wildman–Crippen MR) is 141 cm³/mol. The zero-order chi connectivity index (χ0) is 22.9. The summed E-state index contributed by atoms with van der Waals surface area (Å²) < 4.78 is 7.46. The number of hydrogen-bond acceptors (Lipinski definition) is 4. The van der Waals surface area contributed by atoms with Crippen molar-refractivity contribution in [2.45, 2.75) is 35.9 Å². The zero-order valence-corrected chi connectivity index (χ0v) is 21.4. The van der Waals surface area contributed by atoms with Crippen LogP contribution < -0.4 is 10.2 Å². The highest BCUT2D eigenvalue weighted by atomic mass is 79.9. The summed E-state index contributed by atoms with van der Waals surface area (Å²) in [5.74, 6) is 0.841. The monoisotopic (exact) mass is 535 g/mol. The lowest BCUT2D eigenvalue weighted by molar-refractivity contribution is 0.383. The average Bonchev–Trinajstić information content (AvgIpc) is 3.42. The van der Waals surface area contributed by atoms with Gasteiger partial charge in [0.1, 0.15) is 11.8 Å². The van der Waals surface area contributed by atoms with Gasteiger partial charge in [-0.2, -0.15) is 0 Å². The fraction of sp³-hybridized carbons (Fsp3) is 0.154. The van der Waals surface area contributed by atoms with Crippen molar-refractivity contribution in [1.82, 2.24) is 10.3 Å². The summed E-state index contributed by atoms with van der Waals surface area (Å²) in [6.45, 7) is 4.17. The van der Waals surface area contributed by atoms with Crippen molar-refractivity contribution in [2.24, 2.45) is 0 Å². The predicted octanol–water partition coefficient (Wildman–Crippen LogP) is 7.38. The van der Waals surface area contributed by atoms with E-state index in [1.54, 1.807) is 11.8 Å². The first-order valence-electron chi connectivity index (χ1n) is 10.6. The topological polar surface area (TPSA) is 41.3 Å². The van der Waals surface area contributed by atoms with Gasteiger partial charge in [-0.25, -0.2) is 0 Å². The van der Waals surface area contributed by atoms with Crippen LogP contribution in [0.4, 0.5) is 5.69 Å². The number of pyridine rings is 1. The van der Waals surface area contributed by atoms with Gasteiger partial charge >= 0.3 is 0 Å². The standard InChI is InChI=1S/C26H22BrN3OS2/c1-16-6-9-19(10-7-16)33-23-13-12-22(31-23)25-24(21-5-3-4-14-28-21)29-26(32)30(25)18-8-11-20(27)17(2)15-18/h3-15,24-25H,1-2H3,(H,29,32)/t24-,25-/m1/s1. The second kappa shape index (κ2) is 9.33. The van der Waals surface area contributed by atoms with Crippen LogP contribution in [-0.2, 0) is 0 Å². The van der Waals surface area contributed by atoms with E-state index in [1.807, 2.05) is 36.5 Å². The van der Waals surface area contributed by atoms with E-state index in [-0.39, 0.29) is 12.1 Å². The Balaban J connectivity index is 1.53. The first kappa shape index (κ1) is 22.2. The molecule has 0 aliphatic carbocycles. The van der Waals surface area contributed by atoms with Gasteiger partial charge in [0, 0.05) is 21.3 Å². The van der Waals surface area contributed by atoms with Crippen molar-refractivity contribution in [1.29, 1.82) is 0 Å². The maximum Gasteiger partial charge on any atom is 0.174 e. The van der Waals surface area contributed by atoms with Crippen molar-refractivity contribution in [3.8, 4) is 0 Å². The molecule has 1 saturated heterocycles. The van der Waals surface area contributed by atoms with E-state index in [9.17, 15) is 0 Å². The molecule has 2 aromatic heterocycles. The van der Waals surface area contributed by atoms with E-state index in [0.29, 0.717) is 5.11 Å². The number of halogens is 1. The molecule has 1 N–H and O–H groups in total. The molecule has 0 amide bonds. The number of rotatable bonds is 5. The van der Waals surface area contributed by atoms with E-state index in [0.717, 1.165) is 37.2 Å². The Bertz CT molecular complexity index is 1290. The summed E-state index contributed by atoms with van der Waals surface area (Å²) in [6, 6.07) is 24.4. The lowest BCUT2D eigenvalue weighted by Gasteiger charge is -2.26. The molecule has 33 heavy (non-hydrogen) atoms. The van der Waals surface area contributed by atoms with Crippen LogP contribution in [0.2, 0.25) is 0 Å². The molecule has 7 heteroatoms. The highest BCUT2D eigenvalue weighted by Gasteiger charge is 2.42. The third-order valence-electron chi connectivity index (χ3n) is 5.65. The van der Waals surface area contributed by atoms with Gasteiger partial charge in [-0.15, -0.1) is 0 Å². The number of nitrogens with one attached hydrogen (secondary N) is 1. The van der Waals surface area contributed by atoms with Gasteiger partial charge in [0.05, 0.1) is 11.7 Å². The summed E-state index contributed by atoms with van der Waals surface area (Å²) in [7, 11) is 0. The van der Waals surface area contributed by atoms with Crippen molar-refractivity contribution in [3.05, 3.63) is 106 Å². The van der Waals surface area contributed by atoms with E-state index in [2.05, 4.69) is 87.4 Å². The van der Waals surface area contributed by atoms with Crippen LogP contribution in [0.3, 0.4) is 0 Å². The number of furan rings is 1. The molecule has 5 rings (SSSR count). The minimum absolute atomic E-state index is 0.133. The van der Waals surface area contributed by atoms with Gasteiger partial charge in [-0.1, -0.05) is 51.5 Å². The summed E-state index contributed by atoms with van der Waals surface area (Å²) in [5, 5.41) is 4.98. The van der Waals surface area contributed by atoms with E-state index >= 15 is 0 Å². The fourth-order valence-corrected chi connectivity index (χ4v) is 5.34. The fourth-order valence-electron chi connectivity index (χ4n) is 3.97. The molecule has 0 radical (unpaired) electrons. The summed E-state index contributed by atoms with van der Waals surface area (Å²) in [4.78, 5) is 7.88. The molecule has 0 saturated carbocycles. The third kappa shape index (κ3) is 4.58. The number of thiocarbonyl (C=S) groups is 1. The molecule has 4 nitrogen and oxygen atoms in total. The molecule has 1 aliphatic rings. The minimum atomic E-state index is -0.166. The van der Waals surface area contributed by atoms with Gasteiger partial charge in [0.15, 0.2) is 10.2 Å². The van der Waals surface area contributed by atoms with E-state index in [1.165, 1.54) is 5.56 Å². The highest BCUT2D eigenvalue weighted by Crippen LogP contribution is 2.43. The normalized spacial score (nSPS) is 17.9. The van der Waals surface area contributed by atoms with Crippen molar-refractivity contribution in [3.63, 3.8) is 0 Å². The van der Waals surface area contributed by atoms with Crippen LogP contribution in [0.1, 0.15) is 34.7 Å². The Hall–Kier alpha value is -2.61. The molecule has 4 aromatic rings. The van der Waals surface area contributed by atoms with Gasteiger partial charge in [-0.05, 0) is 86.2 Å². The molecule has 1 aliphatic heterocycles. The lowest BCUT2D eigenvalue weighted by Crippen LogP contribution is -2.29. The summed E-state index contributed by atoms with van der Waals surface area (Å²) in [5.41, 5.74) is 4.32. The highest BCUT2D eigenvalue weighted by molar-refractivity contribution is 9.10. The molecule has 0 unspecified atom stereocenters. The maximum atomic E-state index is 6.39. The molecule has 2 atom stereocenters. The molecule has 0 bridgehead atoms. The smallest absolute Gasteiger partial charge is 0.174 e. The molecule has 0 spiro atoms. The summed E-state index contributed by atoms with van der Waals surface area (Å²) >= 11 is 11.0. The SMILES string of the molecule is Cc1ccc(Sc2ccc([C@@H]3[C@@H](c4ccccn4)NC(=S)N3c3ccc(Br)c(C)c3)o2)cc1. The first-order valence-corrected chi connectivity index (χ1v) is 12.6. The van der Waals surface area contributed by atoms with Crippen LogP contribution in [0.15, 0.2) is 97.9 Å². The van der Waals surface area contributed by atoms with Crippen LogP contribution in [0, 0.1) is 13.8 Å². The second-order valence-electron chi connectivity index (χ2n) is 8.00. The third-order valence-corrected chi connectivity index (χ3v) is 7.78. The molecule has 3 heterocycles. The van der Waals surface area contributed by atoms with E-state index < -0.39 is 0 Å². The molecular weight excluding hydrogens is 514 g/mol. The Morgan fingerprint density at radius 1 is 1.03 bits per heavy atom. The Labute approximate surface area is 211 Å². The Kier molecular flexibility index (Phi) is 6.27. The number of anilines is 1. The van der Waals surface area contributed by atoms with Crippen LogP contribution in [0.25, 0.3) is 0 Å². The molecule has 2 aromatic carbocycles. The molecule has 166 valence electrons. The molecule has 1 fully saturated rings. The van der Waals surface area contributed by atoms with Crippen LogP contribution in [-0.4, -0.2) is 10.1 Å². The Morgan fingerprint density at radius 2 is 1.85 bits per heavy atom. The van der Waals surface area contributed by atoms with Crippen molar-refractivity contribution >= 4 is 50.7 Å². The van der Waals surface area contributed by atoms with Gasteiger partial charge in [0.2, 0.25) is 0 Å². The van der Waals surface area contributed by atoms with Gasteiger partial charge in [-0.3, -0.25) is 4.98 Å². The lowest BCUT2D eigenvalue weighted by atomic mass is 10.0. The minimum Gasteiger partial charge on any atom is -0.452 e. The largest absolute Gasteiger partial charge is 0.452 e. The zero-order valence-electron chi connectivity index (χ0n) is 18.2. The first-order chi connectivity index (χ1) is 16.0. The van der Waals surface area contributed by atoms with Crippen molar-refractivity contribution < 1.29 is 4.42 Å². The number of benzene rings is 2. The Morgan fingerprint density at radius 3 is 2.58 bits per heavy atom. The maximum absolute atomic E-state index is 6.39. The number of aryl methyl sites for hydroxylation is 2.